The highest BCUT2D eigenvalue weighted by Gasteiger charge is 2.14. The van der Waals surface area contributed by atoms with Gasteiger partial charge in [-0.2, -0.15) is 0 Å². The average Bonchev–Trinajstić information content (AvgIpc) is 2.47. The lowest BCUT2D eigenvalue weighted by atomic mass is 10.0. The van der Waals surface area contributed by atoms with Crippen molar-refractivity contribution in [2.45, 2.75) is 11.8 Å². The number of halogens is 3. The van der Waals surface area contributed by atoms with Crippen molar-refractivity contribution in [1.82, 2.24) is 0 Å². The summed E-state index contributed by atoms with van der Waals surface area (Å²) < 4.78 is 26.7. The van der Waals surface area contributed by atoms with E-state index in [4.69, 9.17) is 11.6 Å². The van der Waals surface area contributed by atoms with Crippen molar-refractivity contribution >= 4 is 22.4 Å². The normalized spacial score (nSPS) is 12.5. The molecule has 0 bridgehead atoms. The number of hydrogen-bond acceptors (Lipinski definition) is 0. The van der Waals surface area contributed by atoms with Crippen LogP contribution in [0.5, 0.6) is 0 Å². The summed E-state index contributed by atoms with van der Waals surface area (Å²) in [4.78, 5) is 0. The standard InChI is InChI=1S/C18H13ClF2/c19-17(16-8-7-15(20)11-18(16)21)10-12-5-6-13-3-1-2-4-14(13)9-12/h1-9,11,17H,10H2. The van der Waals surface area contributed by atoms with Crippen molar-refractivity contribution in [2.75, 3.05) is 0 Å². The molecule has 0 radical (unpaired) electrons. The summed E-state index contributed by atoms with van der Waals surface area (Å²) in [6, 6.07) is 17.6. The molecule has 3 aromatic carbocycles. The lowest BCUT2D eigenvalue weighted by Gasteiger charge is -2.12. The summed E-state index contributed by atoms with van der Waals surface area (Å²) in [5.74, 6) is -1.19. The van der Waals surface area contributed by atoms with Crippen molar-refractivity contribution in [3.8, 4) is 0 Å². The van der Waals surface area contributed by atoms with Gasteiger partial charge in [0.25, 0.3) is 0 Å². The van der Waals surface area contributed by atoms with E-state index in [-0.39, 0.29) is 0 Å². The lowest BCUT2D eigenvalue weighted by molar-refractivity contribution is 0.570. The number of benzene rings is 3. The molecule has 0 saturated heterocycles. The molecule has 0 heterocycles. The zero-order valence-electron chi connectivity index (χ0n) is 11.2. The third kappa shape index (κ3) is 3.06. The minimum Gasteiger partial charge on any atom is -0.207 e. The van der Waals surface area contributed by atoms with Gasteiger partial charge >= 0.3 is 0 Å². The fraction of sp³-hybridized carbons (Fsp3) is 0.111. The van der Waals surface area contributed by atoms with Gasteiger partial charge in [-0.3, -0.25) is 0 Å². The van der Waals surface area contributed by atoms with Crippen LogP contribution in [0.3, 0.4) is 0 Å². The third-order valence-electron chi connectivity index (χ3n) is 3.53. The van der Waals surface area contributed by atoms with Crippen LogP contribution in [-0.2, 0) is 6.42 Å². The first kappa shape index (κ1) is 14.0. The highest BCUT2D eigenvalue weighted by atomic mass is 35.5. The van der Waals surface area contributed by atoms with E-state index in [9.17, 15) is 8.78 Å². The molecule has 1 atom stereocenters. The van der Waals surface area contributed by atoms with Crippen molar-refractivity contribution in [3.63, 3.8) is 0 Å². The summed E-state index contributed by atoms with van der Waals surface area (Å²) in [5.41, 5.74) is 1.35. The minimum atomic E-state index is -0.601. The molecule has 3 heteroatoms. The zero-order valence-corrected chi connectivity index (χ0v) is 11.9. The quantitative estimate of drug-likeness (QED) is 0.549. The van der Waals surface area contributed by atoms with E-state index < -0.39 is 17.0 Å². The Balaban J connectivity index is 1.87. The molecule has 3 rings (SSSR count). The lowest BCUT2D eigenvalue weighted by Crippen LogP contribution is -1.99. The van der Waals surface area contributed by atoms with Crippen LogP contribution >= 0.6 is 11.6 Å². The van der Waals surface area contributed by atoms with Crippen LogP contribution in [0.25, 0.3) is 10.8 Å². The Morgan fingerprint density at radius 1 is 0.857 bits per heavy atom. The molecule has 0 N–H and O–H groups in total. The van der Waals surface area contributed by atoms with Gasteiger partial charge < -0.3 is 0 Å². The SMILES string of the molecule is Fc1ccc(C(Cl)Cc2ccc3ccccc3c2)c(F)c1. The second-order valence-electron chi connectivity index (χ2n) is 5.02. The van der Waals surface area contributed by atoms with Gasteiger partial charge in [-0.25, -0.2) is 8.78 Å². The first-order valence-corrected chi connectivity index (χ1v) is 7.14. The smallest absolute Gasteiger partial charge is 0.130 e. The van der Waals surface area contributed by atoms with Crippen LogP contribution in [0.4, 0.5) is 8.78 Å². The van der Waals surface area contributed by atoms with Crippen molar-refractivity contribution < 1.29 is 8.78 Å². The van der Waals surface area contributed by atoms with Crippen molar-refractivity contribution in [2.24, 2.45) is 0 Å². The van der Waals surface area contributed by atoms with E-state index >= 15 is 0 Å². The molecule has 0 aliphatic rings. The second-order valence-corrected chi connectivity index (χ2v) is 5.55. The number of rotatable bonds is 3. The van der Waals surface area contributed by atoms with E-state index in [2.05, 4.69) is 0 Å². The monoisotopic (exact) mass is 302 g/mol. The van der Waals surface area contributed by atoms with E-state index in [0.29, 0.717) is 12.0 Å². The maximum absolute atomic E-state index is 13.7. The van der Waals surface area contributed by atoms with Crippen LogP contribution in [0.2, 0.25) is 0 Å². The third-order valence-corrected chi connectivity index (χ3v) is 3.92. The molecule has 3 aromatic rings. The van der Waals surface area contributed by atoms with Crippen LogP contribution in [-0.4, -0.2) is 0 Å². The Bertz CT molecular complexity index is 783. The predicted octanol–water partition coefficient (Wildman–Crippen LogP) is 5.64. The van der Waals surface area contributed by atoms with Gasteiger partial charge in [0.1, 0.15) is 11.6 Å². The molecule has 0 amide bonds. The van der Waals surface area contributed by atoms with Gasteiger partial charge in [0.15, 0.2) is 0 Å². The van der Waals surface area contributed by atoms with Gasteiger partial charge in [-0.05, 0) is 28.8 Å². The first-order valence-electron chi connectivity index (χ1n) is 6.70. The van der Waals surface area contributed by atoms with Crippen LogP contribution in [0, 0.1) is 11.6 Å². The number of hydrogen-bond donors (Lipinski definition) is 0. The van der Waals surface area contributed by atoms with Crippen molar-refractivity contribution in [1.29, 1.82) is 0 Å². The molecule has 106 valence electrons. The minimum absolute atomic E-state index is 0.325. The topological polar surface area (TPSA) is 0 Å². The molecule has 0 saturated carbocycles. The fourth-order valence-electron chi connectivity index (χ4n) is 2.44. The maximum atomic E-state index is 13.7. The van der Waals surface area contributed by atoms with Gasteiger partial charge in [0.05, 0.1) is 5.38 Å². The Hall–Kier alpha value is -1.93. The molecule has 0 aliphatic heterocycles. The zero-order chi connectivity index (χ0) is 14.8. The van der Waals surface area contributed by atoms with E-state index in [0.717, 1.165) is 22.4 Å². The molecule has 1 unspecified atom stereocenters. The predicted molar refractivity (Wildman–Crippen MR) is 82.6 cm³/mol. The summed E-state index contributed by atoms with van der Waals surface area (Å²) >= 11 is 6.29. The van der Waals surface area contributed by atoms with Gasteiger partial charge in [0.2, 0.25) is 0 Å². The van der Waals surface area contributed by atoms with E-state index in [1.807, 2.05) is 42.5 Å². The molecular weight excluding hydrogens is 290 g/mol. The summed E-state index contributed by atoms with van der Waals surface area (Å²) in [6.07, 6.45) is 0.495. The molecule has 21 heavy (non-hydrogen) atoms. The van der Waals surface area contributed by atoms with Crippen molar-refractivity contribution in [3.05, 3.63) is 83.4 Å². The molecule has 0 spiro atoms. The highest BCUT2D eigenvalue weighted by Crippen LogP contribution is 2.28. The first-order chi connectivity index (χ1) is 10.1. The number of alkyl halides is 1. The second kappa shape index (κ2) is 5.82. The average molecular weight is 303 g/mol. The van der Waals surface area contributed by atoms with Gasteiger partial charge in [-0.1, -0.05) is 48.5 Å². The Morgan fingerprint density at radius 2 is 1.62 bits per heavy atom. The van der Waals surface area contributed by atoms with Crippen LogP contribution in [0.1, 0.15) is 16.5 Å². The largest absolute Gasteiger partial charge is 0.207 e. The van der Waals surface area contributed by atoms with Crippen LogP contribution in [0.15, 0.2) is 60.7 Å². The fourth-order valence-corrected chi connectivity index (χ4v) is 2.79. The molecule has 0 aromatic heterocycles. The molecule has 0 aliphatic carbocycles. The Labute approximate surface area is 127 Å². The Kier molecular flexibility index (Phi) is 3.89. The number of fused-ring (bicyclic) bond motifs is 1. The maximum Gasteiger partial charge on any atom is 0.130 e. The van der Waals surface area contributed by atoms with Gasteiger partial charge in [0, 0.05) is 11.6 Å². The van der Waals surface area contributed by atoms with E-state index in [1.165, 1.54) is 12.1 Å². The molecular formula is C18H13ClF2. The Morgan fingerprint density at radius 3 is 2.38 bits per heavy atom. The summed E-state index contributed by atoms with van der Waals surface area (Å²) in [7, 11) is 0. The summed E-state index contributed by atoms with van der Waals surface area (Å²) in [6.45, 7) is 0. The highest BCUT2D eigenvalue weighted by molar-refractivity contribution is 6.21. The van der Waals surface area contributed by atoms with Gasteiger partial charge in [-0.15, -0.1) is 11.6 Å². The van der Waals surface area contributed by atoms with E-state index in [1.54, 1.807) is 0 Å². The molecule has 0 nitrogen and oxygen atoms in total. The summed E-state index contributed by atoms with van der Waals surface area (Å²) in [5, 5.41) is 1.76. The molecule has 0 fully saturated rings. The van der Waals surface area contributed by atoms with Crippen LogP contribution < -0.4 is 0 Å².